The molecule has 2 aliphatic rings. The van der Waals surface area contributed by atoms with Gasteiger partial charge >= 0.3 is 0 Å². The van der Waals surface area contributed by atoms with E-state index in [1.54, 1.807) is 0 Å². The molecule has 1 aromatic carbocycles. The predicted molar refractivity (Wildman–Crippen MR) is 69.1 cm³/mol. The minimum atomic E-state index is -0.518. The lowest BCUT2D eigenvalue weighted by Crippen LogP contribution is -2.50. The Morgan fingerprint density at radius 2 is 1.94 bits per heavy atom. The van der Waals surface area contributed by atoms with Gasteiger partial charge in [-0.15, -0.1) is 0 Å². The maximum atomic E-state index is 11.0. The minimum absolute atomic E-state index is 0.361. The van der Waals surface area contributed by atoms with Gasteiger partial charge in [0, 0.05) is 18.9 Å². The van der Waals surface area contributed by atoms with E-state index < -0.39 is 5.60 Å². The van der Waals surface area contributed by atoms with Crippen LogP contribution in [0.1, 0.15) is 30.9 Å². The Morgan fingerprint density at radius 1 is 1.29 bits per heavy atom. The third-order valence-electron chi connectivity index (χ3n) is 4.50. The van der Waals surface area contributed by atoms with E-state index in [1.165, 1.54) is 17.5 Å². The lowest BCUT2D eigenvalue weighted by atomic mass is 9.89. The fraction of sp³-hybridized carbons (Fsp3) is 0.600. The first-order valence-electron chi connectivity index (χ1n) is 6.76. The van der Waals surface area contributed by atoms with Crippen LogP contribution in [-0.2, 0) is 12.8 Å². The molecule has 1 aromatic rings. The van der Waals surface area contributed by atoms with Gasteiger partial charge in [-0.3, -0.25) is 4.90 Å². The Kier molecular flexibility index (Phi) is 2.72. The number of benzene rings is 1. The molecule has 1 atom stereocenters. The highest BCUT2D eigenvalue weighted by atomic mass is 16.3. The molecule has 1 N–H and O–H groups in total. The zero-order valence-electron chi connectivity index (χ0n) is 10.5. The summed E-state index contributed by atoms with van der Waals surface area (Å²) in [6.07, 6.45) is 4.06. The van der Waals surface area contributed by atoms with Crippen molar-refractivity contribution in [3.63, 3.8) is 0 Å². The SMILES string of the molecule is CCN1CCCC1C1(O)Cc2ccccc2C1. The van der Waals surface area contributed by atoms with Gasteiger partial charge in [0.25, 0.3) is 0 Å². The molecule has 2 heteroatoms. The van der Waals surface area contributed by atoms with E-state index in [0.717, 1.165) is 32.4 Å². The van der Waals surface area contributed by atoms with Crippen LogP contribution in [-0.4, -0.2) is 34.7 Å². The van der Waals surface area contributed by atoms with E-state index in [2.05, 4.69) is 36.1 Å². The van der Waals surface area contributed by atoms with Gasteiger partial charge in [-0.1, -0.05) is 31.2 Å². The second kappa shape index (κ2) is 4.11. The summed E-state index contributed by atoms with van der Waals surface area (Å²) in [6, 6.07) is 8.85. The van der Waals surface area contributed by atoms with Crippen molar-refractivity contribution in [2.24, 2.45) is 0 Å². The molecule has 2 nitrogen and oxygen atoms in total. The Morgan fingerprint density at radius 3 is 2.53 bits per heavy atom. The monoisotopic (exact) mass is 231 g/mol. The number of nitrogens with zero attached hydrogens (tertiary/aromatic N) is 1. The highest BCUT2D eigenvalue weighted by Crippen LogP contribution is 2.38. The van der Waals surface area contributed by atoms with Crippen molar-refractivity contribution in [1.82, 2.24) is 4.90 Å². The Bertz CT molecular complexity index is 390. The van der Waals surface area contributed by atoms with Gasteiger partial charge in [-0.05, 0) is 37.1 Å². The maximum Gasteiger partial charge on any atom is 0.0882 e. The van der Waals surface area contributed by atoms with Gasteiger partial charge in [0.2, 0.25) is 0 Å². The van der Waals surface area contributed by atoms with Crippen LogP contribution in [0.3, 0.4) is 0 Å². The van der Waals surface area contributed by atoms with Crippen LogP contribution in [0.2, 0.25) is 0 Å². The van der Waals surface area contributed by atoms with E-state index in [1.807, 2.05) is 0 Å². The first kappa shape index (κ1) is 11.2. The molecule has 17 heavy (non-hydrogen) atoms. The number of fused-ring (bicyclic) bond motifs is 1. The molecule has 92 valence electrons. The molecule has 0 amide bonds. The quantitative estimate of drug-likeness (QED) is 0.841. The van der Waals surface area contributed by atoms with E-state index >= 15 is 0 Å². The summed E-state index contributed by atoms with van der Waals surface area (Å²) in [7, 11) is 0. The summed E-state index contributed by atoms with van der Waals surface area (Å²) in [5.41, 5.74) is 2.17. The number of hydrogen-bond acceptors (Lipinski definition) is 2. The summed E-state index contributed by atoms with van der Waals surface area (Å²) >= 11 is 0. The molecule has 1 aliphatic carbocycles. The molecule has 1 aliphatic heterocycles. The van der Waals surface area contributed by atoms with E-state index in [9.17, 15) is 5.11 Å². The number of rotatable bonds is 2. The second-order valence-corrected chi connectivity index (χ2v) is 5.51. The van der Waals surface area contributed by atoms with Crippen LogP contribution in [0.25, 0.3) is 0 Å². The standard InChI is InChI=1S/C15H21NO/c1-2-16-9-5-8-14(16)15(17)10-12-6-3-4-7-13(12)11-15/h3-4,6-7,14,17H,2,5,8-11H2,1H3. The molecule has 1 fully saturated rings. The lowest BCUT2D eigenvalue weighted by Gasteiger charge is -2.36. The summed E-state index contributed by atoms with van der Waals surface area (Å²) in [6.45, 7) is 4.41. The van der Waals surface area contributed by atoms with Gasteiger partial charge in [0.1, 0.15) is 0 Å². The van der Waals surface area contributed by atoms with Crippen molar-refractivity contribution in [3.8, 4) is 0 Å². The summed E-state index contributed by atoms with van der Waals surface area (Å²) in [5, 5.41) is 11.0. The predicted octanol–water partition coefficient (Wildman–Crippen LogP) is 2.00. The maximum absolute atomic E-state index is 11.0. The lowest BCUT2D eigenvalue weighted by molar-refractivity contribution is -0.0235. The highest BCUT2D eigenvalue weighted by Gasteiger charge is 2.45. The van der Waals surface area contributed by atoms with Crippen LogP contribution in [0.5, 0.6) is 0 Å². The smallest absolute Gasteiger partial charge is 0.0882 e. The van der Waals surface area contributed by atoms with Crippen LogP contribution < -0.4 is 0 Å². The Hall–Kier alpha value is -0.860. The normalized spacial score (nSPS) is 27.3. The van der Waals surface area contributed by atoms with E-state index in [-0.39, 0.29) is 0 Å². The molecular weight excluding hydrogens is 210 g/mol. The first-order valence-corrected chi connectivity index (χ1v) is 6.76. The van der Waals surface area contributed by atoms with Crippen LogP contribution in [0, 0.1) is 0 Å². The third-order valence-corrected chi connectivity index (χ3v) is 4.50. The fourth-order valence-electron chi connectivity index (χ4n) is 3.67. The van der Waals surface area contributed by atoms with Gasteiger partial charge in [0.15, 0.2) is 0 Å². The van der Waals surface area contributed by atoms with Crippen molar-refractivity contribution in [2.45, 2.75) is 44.2 Å². The molecular formula is C15H21NO. The number of hydrogen-bond donors (Lipinski definition) is 1. The van der Waals surface area contributed by atoms with Crippen molar-refractivity contribution in [1.29, 1.82) is 0 Å². The minimum Gasteiger partial charge on any atom is -0.388 e. The van der Waals surface area contributed by atoms with Crippen LogP contribution >= 0.6 is 0 Å². The van der Waals surface area contributed by atoms with E-state index in [0.29, 0.717) is 6.04 Å². The van der Waals surface area contributed by atoms with Crippen molar-refractivity contribution in [3.05, 3.63) is 35.4 Å². The molecule has 0 bridgehead atoms. The van der Waals surface area contributed by atoms with Crippen LogP contribution in [0.15, 0.2) is 24.3 Å². The number of likely N-dealkylation sites (tertiary alicyclic amines) is 1. The number of likely N-dealkylation sites (N-methyl/N-ethyl adjacent to an activating group) is 1. The number of aliphatic hydroxyl groups is 1. The third kappa shape index (κ3) is 1.80. The van der Waals surface area contributed by atoms with Crippen molar-refractivity contribution in [2.75, 3.05) is 13.1 Å². The average Bonchev–Trinajstić information content (AvgIpc) is 2.91. The summed E-state index contributed by atoms with van der Waals surface area (Å²) < 4.78 is 0. The Labute approximate surface area is 103 Å². The zero-order chi connectivity index (χ0) is 11.9. The van der Waals surface area contributed by atoms with Gasteiger partial charge < -0.3 is 5.11 Å². The highest BCUT2D eigenvalue weighted by molar-refractivity contribution is 5.36. The molecule has 0 aromatic heterocycles. The second-order valence-electron chi connectivity index (χ2n) is 5.51. The largest absolute Gasteiger partial charge is 0.388 e. The average molecular weight is 231 g/mol. The Balaban J connectivity index is 1.85. The topological polar surface area (TPSA) is 23.5 Å². The molecule has 3 rings (SSSR count). The van der Waals surface area contributed by atoms with Crippen molar-refractivity contribution < 1.29 is 5.11 Å². The summed E-state index contributed by atoms with van der Waals surface area (Å²) in [4.78, 5) is 2.45. The molecule has 0 radical (unpaired) electrons. The van der Waals surface area contributed by atoms with Gasteiger partial charge in [0.05, 0.1) is 5.60 Å². The van der Waals surface area contributed by atoms with E-state index in [4.69, 9.17) is 0 Å². The first-order chi connectivity index (χ1) is 8.23. The zero-order valence-corrected chi connectivity index (χ0v) is 10.5. The van der Waals surface area contributed by atoms with Crippen LogP contribution in [0.4, 0.5) is 0 Å². The molecule has 1 unspecified atom stereocenters. The molecule has 0 spiro atoms. The van der Waals surface area contributed by atoms with Gasteiger partial charge in [-0.2, -0.15) is 0 Å². The molecule has 0 saturated carbocycles. The van der Waals surface area contributed by atoms with Crippen molar-refractivity contribution >= 4 is 0 Å². The fourth-order valence-corrected chi connectivity index (χ4v) is 3.67. The molecule has 1 saturated heterocycles. The summed E-state index contributed by atoms with van der Waals surface area (Å²) in [5.74, 6) is 0. The van der Waals surface area contributed by atoms with Gasteiger partial charge in [-0.25, -0.2) is 0 Å². The molecule has 1 heterocycles.